The molecule has 1 aromatic heterocycles. The lowest BCUT2D eigenvalue weighted by Gasteiger charge is -2.27. The van der Waals surface area contributed by atoms with Crippen molar-refractivity contribution in [3.8, 4) is 0 Å². The quantitative estimate of drug-likeness (QED) is 0.663. The standard InChI is InChI=1S/C18H24N6O/c1-11-3-2-4-14(9-11)23-18-21-10-15(16(20)25)17(24-18)22-13-7-5-12(19)6-8-13/h2-4,9-10,12-13H,5-8,19H2,1H3,(H2,20,25)(H2,21,22,23,24)/t12-,13+. The largest absolute Gasteiger partial charge is 0.367 e. The van der Waals surface area contributed by atoms with E-state index in [0.717, 1.165) is 36.9 Å². The topological polar surface area (TPSA) is 119 Å². The van der Waals surface area contributed by atoms with Crippen LogP contribution in [0.4, 0.5) is 17.5 Å². The molecule has 1 aliphatic rings. The maximum Gasteiger partial charge on any atom is 0.254 e. The number of hydrogen-bond acceptors (Lipinski definition) is 6. The average molecular weight is 340 g/mol. The highest BCUT2D eigenvalue weighted by molar-refractivity contribution is 5.97. The fraction of sp³-hybridized carbons (Fsp3) is 0.389. The van der Waals surface area contributed by atoms with Crippen LogP contribution in [0.2, 0.25) is 0 Å². The zero-order valence-electron chi connectivity index (χ0n) is 14.3. The lowest BCUT2D eigenvalue weighted by atomic mass is 9.92. The van der Waals surface area contributed by atoms with Gasteiger partial charge in [0.2, 0.25) is 5.95 Å². The summed E-state index contributed by atoms with van der Waals surface area (Å²) in [4.78, 5) is 20.4. The van der Waals surface area contributed by atoms with Crippen LogP contribution in [-0.2, 0) is 0 Å². The molecule has 1 fully saturated rings. The Morgan fingerprint density at radius 1 is 1.24 bits per heavy atom. The van der Waals surface area contributed by atoms with Crippen LogP contribution in [0.15, 0.2) is 30.5 Å². The molecule has 0 saturated heterocycles. The van der Waals surface area contributed by atoms with Crippen LogP contribution in [0, 0.1) is 6.92 Å². The summed E-state index contributed by atoms with van der Waals surface area (Å²) < 4.78 is 0. The summed E-state index contributed by atoms with van der Waals surface area (Å²) in [6.45, 7) is 2.02. The monoisotopic (exact) mass is 340 g/mol. The summed E-state index contributed by atoms with van der Waals surface area (Å²) in [5.41, 5.74) is 13.7. The third-order valence-electron chi connectivity index (χ3n) is 4.44. The Kier molecular flexibility index (Phi) is 5.14. The van der Waals surface area contributed by atoms with Gasteiger partial charge in [-0.15, -0.1) is 0 Å². The van der Waals surface area contributed by atoms with E-state index in [1.165, 1.54) is 6.20 Å². The Balaban J connectivity index is 1.80. The molecule has 1 aliphatic carbocycles. The molecule has 7 nitrogen and oxygen atoms in total. The molecule has 2 aromatic rings. The van der Waals surface area contributed by atoms with Gasteiger partial charge in [0, 0.05) is 24.0 Å². The molecular formula is C18H24N6O. The van der Waals surface area contributed by atoms with Crippen molar-refractivity contribution in [2.24, 2.45) is 11.5 Å². The van der Waals surface area contributed by atoms with E-state index in [4.69, 9.17) is 11.5 Å². The summed E-state index contributed by atoms with van der Waals surface area (Å²) >= 11 is 0. The van der Waals surface area contributed by atoms with Crippen molar-refractivity contribution < 1.29 is 4.79 Å². The van der Waals surface area contributed by atoms with Crippen LogP contribution >= 0.6 is 0 Å². The molecule has 1 aromatic carbocycles. The molecular weight excluding hydrogens is 316 g/mol. The number of rotatable bonds is 5. The predicted octanol–water partition coefficient (Wildman–Crippen LogP) is 2.31. The fourth-order valence-electron chi connectivity index (χ4n) is 3.04. The van der Waals surface area contributed by atoms with Crippen molar-refractivity contribution in [1.82, 2.24) is 9.97 Å². The van der Waals surface area contributed by atoms with Gasteiger partial charge in [0.1, 0.15) is 5.82 Å². The smallest absolute Gasteiger partial charge is 0.254 e. The molecule has 0 atom stereocenters. The third-order valence-corrected chi connectivity index (χ3v) is 4.44. The fourth-order valence-corrected chi connectivity index (χ4v) is 3.04. The highest BCUT2D eigenvalue weighted by Gasteiger charge is 2.21. The number of nitrogens with two attached hydrogens (primary N) is 2. The lowest BCUT2D eigenvalue weighted by molar-refractivity contribution is 0.100. The van der Waals surface area contributed by atoms with Gasteiger partial charge < -0.3 is 22.1 Å². The van der Waals surface area contributed by atoms with Gasteiger partial charge in [-0.05, 0) is 50.3 Å². The van der Waals surface area contributed by atoms with Crippen molar-refractivity contribution in [3.05, 3.63) is 41.6 Å². The van der Waals surface area contributed by atoms with Gasteiger partial charge in [0.15, 0.2) is 0 Å². The highest BCUT2D eigenvalue weighted by Crippen LogP contribution is 2.23. The molecule has 0 unspecified atom stereocenters. The molecule has 132 valence electrons. The van der Waals surface area contributed by atoms with Crippen LogP contribution in [0.1, 0.15) is 41.6 Å². The second kappa shape index (κ2) is 7.48. The first-order valence-electron chi connectivity index (χ1n) is 8.54. The highest BCUT2D eigenvalue weighted by atomic mass is 16.1. The molecule has 1 saturated carbocycles. The minimum Gasteiger partial charge on any atom is -0.367 e. The molecule has 0 aliphatic heterocycles. The van der Waals surface area contributed by atoms with E-state index >= 15 is 0 Å². The van der Waals surface area contributed by atoms with Crippen molar-refractivity contribution in [3.63, 3.8) is 0 Å². The lowest BCUT2D eigenvalue weighted by Crippen LogP contribution is -2.33. The van der Waals surface area contributed by atoms with Gasteiger partial charge in [-0.25, -0.2) is 4.98 Å². The maximum atomic E-state index is 11.7. The van der Waals surface area contributed by atoms with Crippen LogP contribution in [0.25, 0.3) is 0 Å². The molecule has 25 heavy (non-hydrogen) atoms. The first-order chi connectivity index (χ1) is 12.0. The number of carbonyl (C=O) groups is 1. The van der Waals surface area contributed by atoms with Crippen LogP contribution < -0.4 is 22.1 Å². The van der Waals surface area contributed by atoms with Crippen LogP contribution in [0.3, 0.4) is 0 Å². The van der Waals surface area contributed by atoms with E-state index in [-0.39, 0.29) is 12.1 Å². The van der Waals surface area contributed by atoms with E-state index < -0.39 is 5.91 Å². The Morgan fingerprint density at radius 2 is 2.00 bits per heavy atom. The minimum absolute atomic E-state index is 0.236. The number of nitrogens with one attached hydrogen (secondary N) is 2. The van der Waals surface area contributed by atoms with Crippen molar-refractivity contribution in [2.45, 2.75) is 44.7 Å². The van der Waals surface area contributed by atoms with E-state index in [1.54, 1.807) is 0 Å². The second-order valence-electron chi connectivity index (χ2n) is 6.57. The SMILES string of the molecule is Cc1cccc(Nc2ncc(C(N)=O)c(N[C@H]3CC[C@@H](N)CC3)n2)c1. The first-order valence-corrected chi connectivity index (χ1v) is 8.54. The van der Waals surface area contributed by atoms with Gasteiger partial charge in [-0.3, -0.25) is 4.79 Å². The summed E-state index contributed by atoms with van der Waals surface area (Å²) in [5.74, 6) is 0.348. The number of amides is 1. The van der Waals surface area contributed by atoms with Gasteiger partial charge in [-0.1, -0.05) is 12.1 Å². The maximum absolute atomic E-state index is 11.7. The first kappa shape index (κ1) is 17.2. The number of benzene rings is 1. The van der Waals surface area contributed by atoms with Gasteiger partial charge in [-0.2, -0.15) is 4.98 Å². The summed E-state index contributed by atoms with van der Waals surface area (Å²) in [7, 11) is 0. The molecule has 0 radical (unpaired) electrons. The normalized spacial score (nSPS) is 20.1. The number of anilines is 3. The van der Waals surface area contributed by atoms with Gasteiger partial charge in [0.05, 0.1) is 5.56 Å². The molecule has 6 N–H and O–H groups in total. The number of aromatic nitrogens is 2. The molecule has 1 heterocycles. The number of carbonyl (C=O) groups excluding carboxylic acids is 1. The minimum atomic E-state index is -0.544. The number of aryl methyl sites for hydroxylation is 1. The van der Waals surface area contributed by atoms with Crippen molar-refractivity contribution in [1.29, 1.82) is 0 Å². The molecule has 0 bridgehead atoms. The van der Waals surface area contributed by atoms with E-state index in [1.807, 2.05) is 31.2 Å². The second-order valence-corrected chi connectivity index (χ2v) is 6.57. The zero-order chi connectivity index (χ0) is 17.8. The van der Waals surface area contributed by atoms with Gasteiger partial charge >= 0.3 is 0 Å². The Hall–Kier alpha value is -2.67. The predicted molar refractivity (Wildman–Crippen MR) is 98.9 cm³/mol. The van der Waals surface area contributed by atoms with Gasteiger partial charge in [0.25, 0.3) is 5.91 Å². The summed E-state index contributed by atoms with van der Waals surface area (Å²) in [6, 6.07) is 8.41. The number of hydrogen-bond donors (Lipinski definition) is 4. The number of nitrogens with zero attached hydrogens (tertiary/aromatic N) is 2. The van der Waals surface area contributed by atoms with E-state index in [2.05, 4.69) is 20.6 Å². The molecule has 1 amide bonds. The summed E-state index contributed by atoms with van der Waals surface area (Å²) in [6.07, 6.45) is 5.28. The van der Waals surface area contributed by atoms with Crippen LogP contribution in [0.5, 0.6) is 0 Å². The third kappa shape index (κ3) is 4.45. The van der Waals surface area contributed by atoms with Crippen molar-refractivity contribution >= 4 is 23.4 Å². The Labute approximate surface area is 147 Å². The zero-order valence-corrected chi connectivity index (χ0v) is 14.3. The average Bonchev–Trinajstić information content (AvgIpc) is 2.57. The molecule has 3 rings (SSSR count). The molecule has 0 spiro atoms. The van der Waals surface area contributed by atoms with Crippen LogP contribution in [-0.4, -0.2) is 28.0 Å². The Bertz CT molecular complexity index is 755. The number of primary amides is 1. The van der Waals surface area contributed by atoms with E-state index in [0.29, 0.717) is 17.3 Å². The van der Waals surface area contributed by atoms with E-state index in [9.17, 15) is 4.79 Å². The summed E-state index contributed by atoms with van der Waals surface area (Å²) in [5, 5.41) is 6.50. The molecule has 7 heteroatoms. The Morgan fingerprint density at radius 3 is 2.68 bits per heavy atom. The van der Waals surface area contributed by atoms with Crippen molar-refractivity contribution in [2.75, 3.05) is 10.6 Å².